The lowest BCUT2D eigenvalue weighted by atomic mass is 10.3. The number of hydrogen-bond donors (Lipinski definition) is 1. The van der Waals surface area contributed by atoms with Crippen LogP contribution in [0.25, 0.3) is 9.88 Å². The van der Waals surface area contributed by atoms with Crippen LogP contribution >= 0.6 is 38.6 Å². The molecule has 0 aliphatic heterocycles. The molecule has 3 nitrogen and oxygen atoms in total. The van der Waals surface area contributed by atoms with Gasteiger partial charge in [-0.2, -0.15) is 0 Å². The summed E-state index contributed by atoms with van der Waals surface area (Å²) >= 11 is 6.92. The Hall–Kier alpha value is -0.300. The highest BCUT2D eigenvalue weighted by atomic mass is 79.9. The fourth-order valence-corrected chi connectivity index (χ4v) is 4.20. The van der Waals surface area contributed by atoms with E-state index >= 15 is 0 Å². The minimum Gasteiger partial charge on any atom is -0.315 e. The summed E-state index contributed by atoms with van der Waals surface area (Å²) in [6.45, 7) is 5.37. The van der Waals surface area contributed by atoms with Crippen molar-refractivity contribution < 1.29 is 0 Å². The van der Waals surface area contributed by atoms with Crippen molar-refractivity contribution in [1.29, 1.82) is 0 Å². The average Bonchev–Trinajstić information content (AvgIpc) is 2.92. The Balaban J connectivity index is 1.89. The fourth-order valence-electron chi connectivity index (χ4n) is 1.52. The molecule has 2 aromatic heterocycles. The molecule has 0 unspecified atom stereocenters. The molecule has 0 aliphatic rings. The molecule has 1 N–H and O–H groups in total. The van der Waals surface area contributed by atoms with Crippen molar-refractivity contribution in [3.8, 4) is 9.88 Å². The van der Waals surface area contributed by atoms with Gasteiger partial charge in [-0.3, -0.25) is 0 Å². The van der Waals surface area contributed by atoms with Crippen LogP contribution in [-0.2, 0) is 6.42 Å². The zero-order valence-corrected chi connectivity index (χ0v) is 13.7. The lowest BCUT2D eigenvalue weighted by molar-refractivity contribution is 0.569. The van der Waals surface area contributed by atoms with Crippen LogP contribution in [0, 0.1) is 0 Å². The van der Waals surface area contributed by atoms with E-state index in [-0.39, 0.29) is 0 Å². The average molecular weight is 346 g/mol. The van der Waals surface area contributed by atoms with Crippen molar-refractivity contribution in [3.05, 3.63) is 20.9 Å². The summed E-state index contributed by atoms with van der Waals surface area (Å²) in [5.74, 6) is 0. The first-order valence-electron chi connectivity index (χ1n) is 5.96. The molecular formula is C12H16BrN3S2. The van der Waals surface area contributed by atoms with E-state index in [1.807, 2.05) is 6.07 Å². The number of halogens is 1. The van der Waals surface area contributed by atoms with Gasteiger partial charge in [-0.05, 0) is 40.3 Å². The number of rotatable bonds is 6. The molecule has 0 spiro atoms. The van der Waals surface area contributed by atoms with Gasteiger partial charge in [0.1, 0.15) is 5.01 Å². The van der Waals surface area contributed by atoms with Gasteiger partial charge in [0.25, 0.3) is 0 Å². The minimum atomic E-state index is 0.553. The number of thiophene rings is 1. The maximum absolute atomic E-state index is 4.26. The molecule has 0 aromatic carbocycles. The maximum atomic E-state index is 4.26. The Morgan fingerprint density at radius 3 is 2.89 bits per heavy atom. The fraction of sp³-hybridized carbons (Fsp3) is 0.500. The summed E-state index contributed by atoms with van der Waals surface area (Å²) in [6.07, 6.45) is 2.11. The molecule has 98 valence electrons. The first-order chi connectivity index (χ1) is 8.66. The van der Waals surface area contributed by atoms with E-state index in [2.05, 4.69) is 50.7 Å². The third-order valence-electron chi connectivity index (χ3n) is 2.40. The summed E-state index contributed by atoms with van der Waals surface area (Å²) in [6, 6.07) is 2.60. The smallest absolute Gasteiger partial charge is 0.158 e. The highest BCUT2D eigenvalue weighted by molar-refractivity contribution is 9.10. The molecule has 0 aliphatic carbocycles. The number of nitrogens with one attached hydrogen (secondary N) is 1. The molecule has 0 saturated heterocycles. The largest absolute Gasteiger partial charge is 0.315 e. The van der Waals surface area contributed by atoms with Crippen molar-refractivity contribution >= 4 is 38.6 Å². The van der Waals surface area contributed by atoms with Crippen molar-refractivity contribution in [3.63, 3.8) is 0 Å². The third kappa shape index (κ3) is 3.85. The predicted octanol–water partition coefficient (Wildman–Crippen LogP) is 3.96. The molecule has 0 fully saturated rings. The zero-order chi connectivity index (χ0) is 13.0. The molecule has 0 bridgehead atoms. The van der Waals surface area contributed by atoms with Gasteiger partial charge in [0, 0.05) is 16.9 Å². The van der Waals surface area contributed by atoms with Gasteiger partial charge < -0.3 is 5.32 Å². The molecule has 0 amide bonds. The lowest BCUT2D eigenvalue weighted by Gasteiger charge is -2.05. The summed E-state index contributed by atoms with van der Waals surface area (Å²) in [5.41, 5.74) is 0. The van der Waals surface area contributed by atoms with Crippen molar-refractivity contribution in [2.24, 2.45) is 0 Å². The number of aryl methyl sites for hydroxylation is 1. The molecule has 0 atom stereocenters. The second-order valence-corrected chi connectivity index (χ2v) is 7.14. The Labute approximate surface area is 124 Å². The molecular weight excluding hydrogens is 330 g/mol. The van der Waals surface area contributed by atoms with Crippen LogP contribution in [0.1, 0.15) is 25.3 Å². The summed E-state index contributed by atoms with van der Waals surface area (Å²) < 4.78 is 1.11. The van der Waals surface area contributed by atoms with Crippen LogP contribution in [0.5, 0.6) is 0 Å². The molecule has 2 rings (SSSR count). The van der Waals surface area contributed by atoms with Gasteiger partial charge in [0.05, 0.1) is 4.88 Å². The van der Waals surface area contributed by atoms with Crippen LogP contribution in [0.4, 0.5) is 0 Å². The van der Waals surface area contributed by atoms with Gasteiger partial charge in [0.15, 0.2) is 5.01 Å². The molecule has 18 heavy (non-hydrogen) atoms. The van der Waals surface area contributed by atoms with Gasteiger partial charge >= 0.3 is 0 Å². The second-order valence-electron chi connectivity index (χ2n) is 4.31. The second kappa shape index (κ2) is 6.75. The monoisotopic (exact) mass is 345 g/mol. The van der Waals surface area contributed by atoms with Crippen LogP contribution in [0.15, 0.2) is 15.9 Å². The van der Waals surface area contributed by atoms with Crippen LogP contribution in [0.2, 0.25) is 0 Å². The van der Waals surface area contributed by atoms with Gasteiger partial charge in [-0.25, -0.2) is 0 Å². The van der Waals surface area contributed by atoms with E-state index in [1.165, 1.54) is 4.88 Å². The Bertz CT molecular complexity index is 493. The highest BCUT2D eigenvalue weighted by Crippen LogP contribution is 2.35. The lowest BCUT2D eigenvalue weighted by Crippen LogP contribution is -2.23. The molecule has 6 heteroatoms. The maximum Gasteiger partial charge on any atom is 0.158 e. The standard InChI is InChI=1S/C12H16BrN3S2/c1-8(2)14-6-3-4-10-15-16-12(18-10)11-9(13)5-7-17-11/h5,7-8,14H,3-4,6H2,1-2H3. The third-order valence-corrected chi connectivity index (χ3v) is 5.37. The van der Waals surface area contributed by atoms with Crippen LogP contribution < -0.4 is 5.32 Å². The van der Waals surface area contributed by atoms with E-state index in [9.17, 15) is 0 Å². The Kier molecular flexibility index (Phi) is 5.29. The number of aromatic nitrogens is 2. The predicted molar refractivity (Wildman–Crippen MR) is 82.4 cm³/mol. The Morgan fingerprint density at radius 1 is 1.39 bits per heavy atom. The van der Waals surface area contributed by atoms with Crippen LogP contribution in [-0.4, -0.2) is 22.8 Å². The van der Waals surface area contributed by atoms with Gasteiger partial charge in [0.2, 0.25) is 0 Å². The van der Waals surface area contributed by atoms with Gasteiger partial charge in [-0.15, -0.1) is 21.5 Å². The van der Waals surface area contributed by atoms with Crippen molar-refractivity contribution in [2.75, 3.05) is 6.54 Å². The highest BCUT2D eigenvalue weighted by Gasteiger charge is 2.10. The molecule has 0 radical (unpaired) electrons. The van der Waals surface area contributed by atoms with Crippen LogP contribution in [0.3, 0.4) is 0 Å². The summed E-state index contributed by atoms with van der Waals surface area (Å²) in [7, 11) is 0. The molecule has 0 saturated carbocycles. The quantitative estimate of drug-likeness (QED) is 0.805. The minimum absolute atomic E-state index is 0.553. The van der Waals surface area contributed by atoms with E-state index in [0.29, 0.717) is 6.04 Å². The zero-order valence-electron chi connectivity index (χ0n) is 10.4. The molecule has 2 heterocycles. The van der Waals surface area contributed by atoms with E-state index in [0.717, 1.165) is 33.9 Å². The number of hydrogen-bond acceptors (Lipinski definition) is 5. The van der Waals surface area contributed by atoms with Gasteiger partial charge in [-0.1, -0.05) is 25.2 Å². The Morgan fingerprint density at radius 2 is 2.22 bits per heavy atom. The first kappa shape index (κ1) is 14.1. The van der Waals surface area contributed by atoms with E-state index < -0.39 is 0 Å². The van der Waals surface area contributed by atoms with Crippen molar-refractivity contribution in [2.45, 2.75) is 32.7 Å². The van der Waals surface area contributed by atoms with E-state index in [1.54, 1.807) is 22.7 Å². The number of nitrogens with zero attached hydrogens (tertiary/aromatic N) is 2. The summed E-state index contributed by atoms with van der Waals surface area (Å²) in [5, 5.41) is 16.1. The topological polar surface area (TPSA) is 37.8 Å². The molecule has 2 aromatic rings. The first-order valence-corrected chi connectivity index (χ1v) is 8.45. The van der Waals surface area contributed by atoms with Crippen molar-refractivity contribution in [1.82, 2.24) is 15.5 Å². The van der Waals surface area contributed by atoms with E-state index in [4.69, 9.17) is 0 Å². The SMILES string of the molecule is CC(C)NCCCc1nnc(-c2sccc2Br)s1. The normalized spacial score (nSPS) is 11.3. The summed E-state index contributed by atoms with van der Waals surface area (Å²) in [4.78, 5) is 1.18.